The molecule has 5 nitrogen and oxygen atoms in total. The fraction of sp³-hybridized carbons (Fsp3) is 0.579. The molecule has 2 amide bonds. The minimum Gasteiger partial charge on any atom is -0.508 e. The van der Waals surface area contributed by atoms with E-state index in [1.54, 1.807) is 17.0 Å². The third-order valence-electron chi connectivity index (χ3n) is 4.02. The minimum absolute atomic E-state index is 0.146. The molecule has 0 bridgehead atoms. The van der Waals surface area contributed by atoms with Crippen LogP contribution in [0.4, 0.5) is 5.69 Å². The first-order chi connectivity index (χ1) is 11.5. The van der Waals surface area contributed by atoms with Crippen LogP contribution in [0.25, 0.3) is 0 Å². The van der Waals surface area contributed by atoms with Crippen molar-refractivity contribution in [1.29, 1.82) is 0 Å². The van der Waals surface area contributed by atoms with Crippen LogP contribution in [0.15, 0.2) is 24.3 Å². The maximum atomic E-state index is 12.2. The van der Waals surface area contributed by atoms with Crippen LogP contribution in [0.3, 0.4) is 0 Å². The molecule has 0 heterocycles. The van der Waals surface area contributed by atoms with Crippen molar-refractivity contribution < 1.29 is 14.7 Å². The maximum absolute atomic E-state index is 12.2. The molecule has 0 fully saturated rings. The zero-order valence-electron chi connectivity index (χ0n) is 14.7. The average Bonchev–Trinajstić information content (AvgIpc) is 2.54. The molecular formula is C19H30N2O3. The number of hydrogen-bond acceptors (Lipinski definition) is 3. The zero-order chi connectivity index (χ0) is 17.8. The van der Waals surface area contributed by atoms with Crippen LogP contribution in [0.5, 0.6) is 5.75 Å². The molecule has 134 valence electrons. The highest BCUT2D eigenvalue weighted by atomic mass is 16.3. The van der Waals surface area contributed by atoms with E-state index in [0.717, 1.165) is 19.3 Å². The zero-order valence-corrected chi connectivity index (χ0v) is 14.7. The molecule has 0 atom stereocenters. The quantitative estimate of drug-likeness (QED) is 0.451. The fourth-order valence-corrected chi connectivity index (χ4v) is 2.68. The molecule has 1 rings (SSSR count). The largest absolute Gasteiger partial charge is 0.508 e. The van der Waals surface area contributed by atoms with Crippen molar-refractivity contribution in [1.82, 2.24) is 0 Å². The Labute approximate surface area is 144 Å². The van der Waals surface area contributed by atoms with Crippen molar-refractivity contribution in [2.24, 2.45) is 5.73 Å². The van der Waals surface area contributed by atoms with E-state index in [2.05, 4.69) is 6.92 Å². The van der Waals surface area contributed by atoms with Gasteiger partial charge in [-0.05, 0) is 30.7 Å². The monoisotopic (exact) mass is 334 g/mol. The molecule has 0 aliphatic heterocycles. The summed E-state index contributed by atoms with van der Waals surface area (Å²) < 4.78 is 0. The SMILES string of the molecule is CCCCCCCCCCN(C(=O)CC(N)=O)c1ccc(O)cc1. The molecule has 0 radical (unpaired) electrons. The van der Waals surface area contributed by atoms with Gasteiger partial charge >= 0.3 is 0 Å². The van der Waals surface area contributed by atoms with Gasteiger partial charge in [-0.2, -0.15) is 0 Å². The highest BCUT2D eigenvalue weighted by Crippen LogP contribution is 2.20. The van der Waals surface area contributed by atoms with Crippen molar-refractivity contribution in [3.05, 3.63) is 24.3 Å². The summed E-state index contributed by atoms with van der Waals surface area (Å²) in [5.41, 5.74) is 5.82. The number of rotatable bonds is 12. The topological polar surface area (TPSA) is 83.6 Å². The summed E-state index contributed by atoms with van der Waals surface area (Å²) in [6.45, 7) is 2.77. The fourth-order valence-electron chi connectivity index (χ4n) is 2.68. The van der Waals surface area contributed by atoms with E-state index in [0.29, 0.717) is 12.2 Å². The number of phenolic OH excluding ortho intramolecular Hbond substituents is 1. The van der Waals surface area contributed by atoms with Crippen LogP contribution < -0.4 is 10.6 Å². The van der Waals surface area contributed by atoms with Crippen LogP contribution in [-0.4, -0.2) is 23.5 Å². The van der Waals surface area contributed by atoms with E-state index in [-0.39, 0.29) is 18.1 Å². The predicted molar refractivity (Wildman–Crippen MR) is 96.9 cm³/mol. The highest BCUT2D eigenvalue weighted by molar-refractivity contribution is 6.04. The van der Waals surface area contributed by atoms with Gasteiger partial charge in [0.2, 0.25) is 11.8 Å². The number of unbranched alkanes of at least 4 members (excludes halogenated alkanes) is 7. The van der Waals surface area contributed by atoms with Crippen molar-refractivity contribution in [3.8, 4) is 5.75 Å². The third-order valence-corrected chi connectivity index (χ3v) is 4.02. The number of carbonyl (C=O) groups excluding carboxylic acids is 2. The third kappa shape index (κ3) is 7.99. The van der Waals surface area contributed by atoms with Gasteiger partial charge in [0.15, 0.2) is 0 Å². The van der Waals surface area contributed by atoms with Gasteiger partial charge in [-0.25, -0.2) is 0 Å². The Morgan fingerprint density at radius 2 is 1.50 bits per heavy atom. The maximum Gasteiger partial charge on any atom is 0.236 e. The van der Waals surface area contributed by atoms with Crippen LogP contribution in [-0.2, 0) is 9.59 Å². The van der Waals surface area contributed by atoms with Crippen molar-refractivity contribution in [2.75, 3.05) is 11.4 Å². The van der Waals surface area contributed by atoms with Crippen LogP contribution in [0, 0.1) is 0 Å². The van der Waals surface area contributed by atoms with Gasteiger partial charge in [0.05, 0.1) is 0 Å². The molecule has 3 N–H and O–H groups in total. The summed E-state index contributed by atoms with van der Waals surface area (Å²) in [4.78, 5) is 24.9. The number of benzene rings is 1. The van der Waals surface area contributed by atoms with E-state index in [4.69, 9.17) is 5.73 Å². The van der Waals surface area contributed by atoms with Crippen LogP contribution >= 0.6 is 0 Å². The van der Waals surface area contributed by atoms with E-state index < -0.39 is 5.91 Å². The summed E-state index contributed by atoms with van der Waals surface area (Å²) in [7, 11) is 0. The Hall–Kier alpha value is -2.04. The molecular weight excluding hydrogens is 304 g/mol. The summed E-state index contributed by atoms with van der Waals surface area (Å²) in [5, 5.41) is 9.38. The Kier molecular flexibility index (Phi) is 9.58. The molecule has 0 aliphatic rings. The normalized spacial score (nSPS) is 10.5. The number of nitrogens with zero attached hydrogens (tertiary/aromatic N) is 1. The number of phenols is 1. The van der Waals surface area contributed by atoms with Gasteiger partial charge in [0.1, 0.15) is 12.2 Å². The lowest BCUT2D eigenvalue weighted by Crippen LogP contribution is -2.34. The van der Waals surface area contributed by atoms with Gasteiger partial charge in [-0.1, -0.05) is 51.9 Å². The summed E-state index contributed by atoms with van der Waals surface area (Å²) in [5.74, 6) is -0.774. The first kappa shape index (κ1) is 20.0. The van der Waals surface area contributed by atoms with Crippen LogP contribution in [0.1, 0.15) is 64.7 Å². The standard InChI is InChI=1S/C19H30N2O3/c1-2-3-4-5-6-7-8-9-14-21(19(24)15-18(20)23)16-10-12-17(22)13-11-16/h10-13,22H,2-9,14-15H2,1H3,(H2,20,23). The van der Waals surface area contributed by atoms with Gasteiger partial charge in [-0.3, -0.25) is 9.59 Å². The molecule has 0 spiro atoms. The van der Waals surface area contributed by atoms with E-state index >= 15 is 0 Å². The Morgan fingerprint density at radius 1 is 0.958 bits per heavy atom. The number of hydrogen-bond donors (Lipinski definition) is 2. The van der Waals surface area contributed by atoms with Crippen molar-refractivity contribution in [3.63, 3.8) is 0 Å². The summed E-state index contributed by atoms with van der Waals surface area (Å²) >= 11 is 0. The van der Waals surface area contributed by atoms with Gasteiger partial charge in [0, 0.05) is 12.2 Å². The summed E-state index contributed by atoms with van der Waals surface area (Å²) in [6.07, 6.45) is 9.18. The number of aromatic hydroxyl groups is 1. The molecule has 0 aromatic heterocycles. The van der Waals surface area contributed by atoms with Gasteiger partial charge < -0.3 is 15.7 Å². The predicted octanol–water partition coefficient (Wildman–Crippen LogP) is 3.74. The summed E-state index contributed by atoms with van der Waals surface area (Å²) in [6, 6.07) is 6.43. The molecule has 1 aromatic carbocycles. The van der Waals surface area contributed by atoms with Crippen molar-refractivity contribution >= 4 is 17.5 Å². The Bertz CT molecular complexity index is 500. The molecule has 0 saturated carbocycles. The van der Waals surface area contributed by atoms with Crippen LogP contribution in [0.2, 0.25) is 0 Å². The number of anilines is 1. The lowest BCUT2D eigenvalue weighted by atomic mass is 10.1. The molecule has 0 saturated heterocycles. The lowest BCUT2D eigenvalue weighted by molar-refractivity contribution is -0.126. The Balaban J connectivity index is 2.46. The number of primary amides is 1. The molecule has 1 aromatic rings. The molecule has 5 heteroatoms. The minimum atomic E-state index is -0.625. The molecule has 0 aliphatic carbocycles. The molecule has 24 heavy (non-hydrogen) atoms. The van der Waals surface area contributed by atoms with Gasteiger partial charge in [-0.15, -0.1) is 0 Å². The second kappa shape index (κ2) is 11.5. The van der Waals surface area contributed by atoms with Gasteiger partial charge in [0.25, 0.3) is 0 Å². The smallest absolute Gasteiger partial charge is 0.236 e. The van der Waals surface area contributed by atoms with E-state index in [1.807, 2.05) is 0 Å². The second-order valence-electron chi connectivity index (χ2n) is 6.18. The number of carbonyl (C=O) groups is 2. The van der Waals surface area contributed by atoms with E-state index in [9.17, 15) is 14.7 Å². The first-order valence-electron chi connectivity index (χ1n) is 8.92. The second-order valence-corrected chi connectivity index (χ2v) is 6.18. The average molecular weight is 334 g/mol. The Morgan fingerprint density at radius 3 is 2.04 bits per heavy atom. The first-order valence-corrected chi connectivity index (χ1v) is 8.92. The highest BCUT2D eigenvalue weighted by Gasteiger charge is 2.17. The number of amides is 2. The lowest BCUT2D eigenvalue weighted by Gasteiger charge is -2.22. The number of nitrogens with two attached hydrogens (primary N) is 1. The van der Waals surface area contributed by atoms with Crippen molar-refractivity contribution in [2.45, 2.75) is 64.7 Å². The van der Waals surface area contributed by atoms with E-state index in [1.165, 1.54) is 44.2 Å². The molecule has 0 unspecified atom stereocenters.